The van der Waals surface area contributed by atoms with Gasteiger partial charge in [-0.2, -0.15) is 11.1 Å². The predicted molar refractivity (Wildman–Crippen MR) is 95.8 cm³/mol. The number of rotatable bonds is 2. The molecule has 0 N–H and O–H groups in total. The summed E-state index contributed by atoms with van der Waals surface area (Å²) >= 11 is 9.10. The number of hydrogen-bond donors (Lipinski definition) is 0. The van der Waals surface area contributed by atoms with Crippen molar-refractivity contribution in [1.82, 2.24) is 0 Å². The van der Waals surface area contributed by atoms with Gasteiger partial charge in [0.05, 0.1) is 0 Å². The number of benzene rings is 2. The largest absolute Gasteiger partial charge is 4.00 e. The molecule has 2 unspecified atom stereocenters. The first-order valence-electron chi connectivity index (χ1n) is 6.64. The van der Waals surface area contributed by atoms with Gasteiger partial charge in [0.15, 0.2) is 0 Å². The molecule has 0 aromatic heterocycles. The normalized spacial score (nSPS) is 18.9. The summed E-state index contributed by atoms with van der Waals surface area (Å²) in [5.74, 6) is 0. The van der Waals surface area contributed by atoms with Crippen LogP contribution in [-0.2, 0) is 26.2 Å². The van der Waals surface area contributed by atoms with Gasteiger partial charge in [-0.05, 0) is 9.65 Å². The van der Waals surface area contributed by atoms with Crippen molar-refractivity contribution >= 4 is 55.8 Å². The molecule has 0 saturated carbocycles. The van der Waals surface area contributed by atoms with Crippen molar-refractivity contribution in [3.63, 3.8) is 0 Å². The molecule has 4 rings (SSSR count). The van der Waals surface area contributed by atoms with Crippen molar-refractivity contribution in [3.8, 4) is 0 Å². The number of halogens is 4. The van der Waals surface area contributed by atoms with Gasteiger partial charge in [-0.1, -0.05) is 46.2 Å². The van der Waals surface area contributed by atoms with Crippen LogP contribution in [0.15, 0.2) is 46.2 Å². The minimum absolute atomic E-state index is 0. The molecule has 0 radical (unpaired) electrons. The second kappa shape index (κ2) is 9.58. The molecule has 0 fully saturated rings. The molecule has 0 spiro atoms. The SMILES string of the molecule is BrC1[C-]=Cc2c(Sc3cccc4c3C=[C-]C4Br)cccc21.[Cl-].[Cl-].[Zr+4]. The van der Waals surface area contributed by atoms with Crippen molar-refractivity contribution in [2.24, 2.45) is 0 Å². The summed E-state index contributed by atoms with van der Waals surface area (Å²) in [6.45, 7) is 0. The number of hydrogen-bond acceptors (Lipinski definition) is 1. The van der Waals surface area contributed by atoms with E-state index in [9.17, 15) is 0 Å². The first-order chi connectivity index (χ1) is 10.2. The Morgan fingerprint density at radius 3 is 1.58 bits per heavy atom. The third kappa shape index (κ3) is 4.16. The van der Waals surface area contributed by atoms with Gasteiger partial charge >= 0.3 is 26.2 Å². The monoisotopic (exact) mass is 576 g/mol. The van der Waals surface area contributed by atoms with E-state index in [1.807, 2.05) is 11.8 Å². The maximum Gasteiger partial charge on any atom is 4.00 e. The van der Waals surface area contributed by atoms with Crippen LogP contribution in [-0.4, -0.2) is 0 Å². The zero-order chi connectivity index (χ0) is 14.4. The second-order valence-electron chi connectivity index (χ2n) is 4.97. The zero-order valence-electron chi connectivity index (χ0n) is 12.2. The van der Waals surface area contributed by atoms with Crippen LogP contribution >= 0.6 is 43.6 Å². The van der Waals surface area contributed by atoms with Crippen LogP contribution < -0.4 is 24.8 Å². The minimum atomic E-state index is 0. The molecule has 0 amide bonds. The first-order valence-corrected chi connectivity index (χ1v) is 9.29. The molecule has 2 aliphatic carbocycles. The zero-order valence-corrected chi connectivity index (χ0v) is 20.2. The summed E-state index contributed by atoms with van der Waals surface area (Å²) in [4.78, 5) is 2.99. The Morgan fingerprint density at radius 2 is 1.17 bits per heavy atom. The molecule has 2 aliphatic rings. The van der Waals surface area contributed by atoms with Gasteiger partial charge in [-0.25, -0.2) is 12.2 Å². The third-order valence-electron chi connectivity index (χ3n) is 3.71. The molecule has 0 bridgehead atoms. The third-order valence-corrected chi connectivity index (χ3v) is 6.38. The molecule has 24 heavy (non-hydrogen) atoms. The molecule has 0 saturated heterocycles. The van der Waals surface area contributed by atoms with Crippen molar-refractivity contribution in [1.29, 1.82) is 0 Å². The number of fused-ring (bicyclic) bond motifs is 2. The van der Waals surface area contributed by atoms with E-state index < -0.39 is 0 Å². The van der Waals surface area contributed by atoms with E-state index in [1.165, 1.54) is 32.0 Å². The number of allylic oxidation sites excluding steroid dienone is 2. The van der Waals surface area contributed by atoms with E-state index in [0.29, 0.717) is 0 Å². The van der Waals surface area contributed by atoms with Gasteiger partial charge in [-0.3, -0.25) is 12.2 Å². The maximum atomic E-state index is 3.64. The average Bonchev–Trinajstić information content (AvgIpc) is 3.06. The van der Waals surface area contributed by atoms with E-state index in [4.69, 9.17) is 0 Å². The Balaban J connectivity index is 0.000000960. The Hall–Kier alpha value is 0.693. The second-order valence-corrected chi connectivity index (χ2v) is 7.88. The fourth-order valence-corrected chi connectivity index (χ4v) is 4.83. The molecule has 0 nitrogen and oxygen atoms in total. The predicted octanol–water partition coefficient (Wildman–Crippen LogP) is 0.375. The smallest absolute Gasteiger partial charge is 1.00 e. The van der Waals surface area contributed by atoms with Crippen molar-refractivity contribution < 1.29 is 51.0 Å². The molecule has 120 valence electrons. The van der Waals surface area contributed by atoms with Crippen molar-refractivity contribution in [2.75, 3.05) is 0 Å². The topological polar surface area (TPSA) is 0 Å². The average molecular weight is 580 g/mol. The Kier molecular flexibility index (Phi) is 9.07. The van der Waals surface area contributed by atoms with E-state index in [-0.39, 0.29) is 60.7 Å². The Bertz CT molecular complexity index is 727. The van der Waals surface area contributed by atoms with Gasteiger partial charge in [0.2, 0.25) is 0 Å². The first kappa shape index (κ1) is 22.7. The van der Waals surface area contributed by atoms with Crippen molar-refractivity contribution in [2.45, 2.75) is 19.4 Å². The molecule has 0 aliphatic heterocycles. The molecule has 0 heterocycles. The van der Waals surface area contributed by atoms with Gasteiger partial charge in [0.25, 0.3) is 0 Å². The van der Waals surface area contributed by atoms with Crippen LogP contribution in [0.2, 0.25) is 0 Å². The fraction of sp³-hybridized carbons (Fsp3) is 0.111. The standard InChI is InChI=1S/C18H10Br2S.2ClH.Zr/c19-15-9-7-13-11(15)3-1-5-17(13)21-18-6-2-4-12-14(18)8-10-16(12)20;;;/h1-8,15-16H;2*1H;/q-2;;;+4/p-2. The van der Waals surface area contributed by atoms with Gasteiger partial charge in [0.1, 0.15) is 0 Å². The van der Waals surface area contributed by atoms with Crippen LogP contribution in [0.1, 0.15) is 31.9 Å². The van der Waals surface area contributed by atoms with Crippen LogP contribution in [0.3, 0.4) is 0 Å². The number of alkyl halides is 2. The Morgan fingerprint density at radius 1 is 0.750 bits per heavy atom. The summed E-state index contributed by atoms with van der Waals surface area (Å²) in [6, 6.07) is 12.9. The minimum Gasteiger partial charge on any atom is -1.00 e. The summed E-state index contributed by atoms with van der Waals surface area (Å²) in [6.07, 6.45) is 10.8. The van der Waals surface area contributed by atoms with Crippen LogP contribution in [0.4, 0.5) is 0 Å². The van der Waals surface area contributed by atoms with E-state index >= 15 is 0 Å². The molecular formula is C18H10Br2Cl2SZr. The van der Waals surface area contributed by atoms with E-state index in [0.717, 1.165) is 0 Å². The molecule has 6 heteroatoms. The summed E-state index contributed by atoms with van der Waals surface area (Å²) in [5.41, 5.74) is 5.16. The van der Waals surface area contributed by atoms with E-state index in [1.54, 1.807) is 0 Å². The van der Waals surface area contributed by atoms with Gasteiger partial charge in [-0.15, -0.1) is 54.7 Å². The van der Waals surface area contributed by atoms with Crippen molar-refractivity contribution in [3.05, 3.63) is 70.8 Å². The van der Waals surface area contributed by atoms with Crippen LogP contribution in [0, 0.1) is 12.2 Å². The molecule has 2 aromatic carbocycles. The van der Waals surface area contributed by atoms with Gasteiger partial charge in [0, 0.05) is 0 Å². The quantitative estimate of drug-likeness (QED) is 0.366. The maximum absolute atomic E-state index is 3.64. The summed E-state index contributed by atoms with van der Waals surface area (Å²) < 4.78 is 0. The molecule has 2 aromatic rings. The summed E-state index contributed by atoms with van der Waals surface area (Å²) in [7, 11) is 0. The van der Waals surface area contributed by atoms with Gasteiger partial charge < -0.3 is 24.8 Å². The van der Waals surface area contributed by atoms with Crippen LogP contribution in [0.25, 0.3) is 12.2 Å². The Labute approximate surface area is 195 Å². The van der Waals surface area contributed by atoms with Crippen LogP contribution in [0.5, 0.6) is 0 Å². The molecule has 2 atom stereocenters. The summed E-state index contributed by atoms with van der Waals surface area (Å²) in [5, 5.41) is 0. The molecular weight excluding hydrogens is 570 g/mol. The van der Waals surface area contributed by atoms with E-state index in [2.05, 4.69) is 92.6 Å². The fourth-order valence-electron chi connectivity index (χ4n) is 2.66.